The van der Waals surface area contributed by atoms with E-state index in [-0.39, 0.29) is 0 Å². The first-order valence-electron chi connectivity index (χ1n) is 7.23. The third-order valence-electron chi connectivity index (χ3n) is 4.43. The summed E-state index contributed by atoms with van der Waals surface area (Å²) in [5.74, 6) is 0.547. The molecule has 3 N–H and O–H groups in total. The summed E-state index contributed by atoms with van der Waals surface area (Å²) in [6.07, 6.45) is 0.564. The van der Waals surface area contributed by atoms with Crippen LogP contribution in [-0.2, 0) is 6.54 Å². The summed E-state index contributed by atoms with van der Waals surface area (Å²) in [5.41, 5.74) is 5.17. The zero-order valence-electron chi connectivity index (χ0n) is 11.7. The lowest BCUT2D eigenvalue weighted by molar-refractivity contribution is 0.148. The molecule has 0 spiro atoms. The van der Waals surface area contributed by atoms with E-state index in [9.17, 15) is 5.11 Å². The molecule has 2 aliphatic heterocycles. The van der Waals surface area contributed by atoms with Gasteiger partial charge in [0.15, 0.2) is 0 Å². The van der Waals surface area contributed by atoms with Crippen LogP contribution in [-0.4, -0.2) is 31.8 Å². The van der Waals surface area contributed by atoms with Crippen LogP contribution in [0.1, 0.15) is 42.2 Å². The van der Waals surface area contributed by atoms with E-state index in [4.69, 9.17) is 0 Å². The Balaban J connectivity index is 2.15. The van der Waals surface area contributed by atoms with Gasteiger partial charge in [-0.3, -0.25) is 5.32 Å². The average Bonchev–Trinajstić information content (AvgIpc) is 2.69. The van der Waals surface area contributed by atoms with Crippen molar-refractivity contribution in [2.24, 2.45) is 0 Å². The molecule has 4 nitrogen and oxygen atoms in total. The van der Waals surface area contributed by atoms with Crippen molar-refractivity contribution in [1.82, 2.24) is 10.6 Å². The Morgan fingerprint density at radius 2 is 2.37 bits per heavy atom. The fraction of sp³-hybridized carbons (Fsp3) is 0.600. The lowest BCUT2D eigenvalue weighted by Crippen LogP contribution is -2.28. The molecule has 0 amide bonds. The third-order valence-corrected chi connectivity index (χ3v) is 4.43. The standard InChI is InChI=1S/C15H23N3O/c1-3-10-9-18-7-6-17-8-11-4-5-12(15(19)16-2)13(10)14(11)18/h4-5,10,15-17,19H,3,6-9H2,1-2H3. The summed E-state index contributed by atoms with van der Waals surface area (Å²) >= 11 is 0. The molecule has 1 aromatic rings. The van der Waals surface area contributed by atoms with Gasteiger partial charge in [-0.25, -0.2) is 0 Å². The van der Waals surface area contributed by atoms with E-state index in [2.05, 4.69) is 34.6 Å². The summed E-state index contributed by atoms with van der Waals surface area (Å²) in [7, 11) is 1.80. The molecule has 0 saturated heterocycles. The van der Waals surface area contributed by atoms with Gasteiger partial charge in [0.05, 0.1) is 0 Å². The van der Waals surface area contributed by atoms with Crippen molar-refractivity contribution in [1.29, 1.82) is 0 Å². The molecule has 0 bridgehead atoms. The molecule has 2 unspecified atom stereocenters. The van der Waals surface area contributed by atoms with E-state index in [1.54, 1.807) is 7.05 Å². The predicted molar refractivity (Wildman–Crippen MR) is 77.4 cm³/mol. The number of nitrogens with one attached hydrogen (secondary N) is 2. The normalized spacial score (nSPS) is 23.1. The van der Waals surface area contributed by atoms with E-state index < -0.39 is 6.23 Å². The number of anilines is 1. The molecule has 3 rings (SSSR count). The zero-order chi connectivity index (χ0) is 13.4. The minimum absolute atomic E-state index is 0.547. The first-order valence-corrected chi connectivity index (χ1v) is 7.23. The van der Waals surface area contributed by atoms with Crippen LogP contribution in [0, 0.1) is 0 Å². The first-order chi connectivity index (χ1) is 9.26. The van der Waals surface area contributed by atoms with Crippen molar-refractivity contribution >= 4 is 5.69 Å². The summed E-state index contributed by atoms with van der Waals surface area (Å²) < 4.78 is 0. The molecule has 2 heterocycles. The second-order valence-electron chi connectivity index (χ2n) is 5.50. The highest BCUT2D eigenvalue weighted by atomic mass is 16.3. The molecule has 4 heteroatoms. The number of nitrogens with zero attached hydrogens (tertiary/aromatic N) is 1. The van der Waals surface area contributed by atoms with E-state index >= 15 is 0 Å². The van der Waals surface area contributed by atoms with Crippen LogP contribution < -0.4 is 15.5 Å². The number of benzene rings is 1. The minimum Gasteiger partial charge on any atom is -0.374 e. The van der Waals surface area contributed by atoms with Gasteiger partial charge in [0.2, 0.25) is 0 Å². The SMILES string of the molecule is CCC1CN2CCNCc3ccc(C(O)NC)c1c32. The van der Waals surface area contributed by atoms with Crippen molar-refractivity contribution in [3.63, 3.8) is 0 Å². The van der Waals surface area contributed by atoms with E-state index in [0.29, 0.717) is 5.92 Å². The van der Waals surface area contributed by atoms with Gasteiger partial charge in [0.1, 0.15) is 6.23 Å². The summed E-state index contributed by atoms with van der Waals surface area (Å²) in [6, 6.07) is 4.26. The van der Waals surface area contributed by atoms with E-state index in [0.717, 1.165) is 38.2 Å². The van der Waals surface area contributed by atoms with Crippen LogP contribution in [0.5, 0.6) is 0 Å². The fourth-order valence-electron chi connectivity index (χ4n) is 3.43. The van der Waals surface area contributed by atoms with Crippen LogP contribution >= 0.6 is 0 Å². The van der Waals surface area contributed by atoms with Gasteiger partial charge in [0, 0.05) is 43.3 Å². The van der Waals surface area contributed by atoms with Crippen LogP contribution in [0.15, 0.2) is 12.1 Å². The number of hydrogen-bond acceptors (Lipinski definition) is 4. The Labute approximate surface area is 114 Å². The molecule has 0 aromatic heterocycles. The molecule has 0 saturated carbocycles. The van der Waals surface area contributed by atoms with E-state index in [1.807, 2.05) is 0 Å². The first kappa shape index (κ1) is 12.9. The van der Waals surface area contributed by atoms with Gasteiger partial charge in [-0.2, -0.15) is 0 Å². The van der Waals surface area contributed by atoms with Gasteiger partial charge < -0.3 is 15.3 Å². The Hall–Kier alpha value is -1.10. The topological polar surface area (TPSA) is 47.5 Å². The van der Waals surface area contributed by atoms with Crippen molar-refractivity contribution in [3.8, 4) is 0 Å². The Morgan fingerprint density at radius 3 is 3.11 bits per heavy atom. The number of aliphatic hydroxyl groups is 1. The molecule has 1 aromatic carbocycles. The average molecular weight is 261 g/mol. The molecule has 104 valence electrons. The molecule has 2 atom stereocenters. The lowest BCUT2D eigenvalue weighted by atomic mass is 9.91. The largest absolute Gasteiger partial charge is 0.374 e. The summed E-state index contributed by atoms with van der Waals surface area (Å²) in [5, 5.41) is 16.6. The maximum atomic E-state index is 10.2. The molecule has 0 radical (unpaired) electrons. The van der Waals surface area contributed by atoms with Gasteiger partial charge in [-0.05, 0) is 24.6 Å². The van der Waals surface area contributed by atoms with Crippen LogP contribution in [0.2, 0.25) is 0 Å². The molecule has 0 aliphatic carbocycles. The monoisotopic (exact) mass is 261 g/mol. The fourth-order valence-corrected chi connectivity index (χ4v) is 3.43. The molecule has 2 aliphatic rings. The van der Waals surface area contributed by atoms with Crippen LogP contribution in [0.25, 0.3) is 0 Å². The quantitative estimate of drug-likeness (QED) is 0.718. The van der Waals surface area contributed by atoms with Crippen LogP contribution in [0.4, 0.5) is 5.69 Å². The highest BCUT2D eigenvalue weighted by Crippen LogP contribution is 2.44. The molecule has 19 heavy (non-hydrogen) atoms. The smallest absolute Gasteiger partial charge is 0.131 e. The maximum absolute atomic E-state index is 10.2. The second kappa shape index (κ2) is 5.12. The van der Waals surface area contributed by atoms with Crippen molar-refractivity contribution < 1.29 is 5.11 Å². The third kappa shape index (κ3) is 2.04. The Morgan fingerprint density at radius 1 is 1.53 bits per heavy atom. The van der Waals surface area contributed by atoms with Gasteiger partial charge in [0.25, 0.3) is 0 Å². The zero-order valence-corrected chi connectivity index (χ0v) is 11.7. The minimum atomic E-state index is -0.564. The molecular weight excluding hydrogens is 238 g/mol. The Kier molecular flexibility index (Phi) is 3.48. The molecule has 0 fully saturated rings. The van der Waals surface area contributed by atoms with Crippen LogP contribution in [0.3, 0.4) is 0 Å². The van der Waals surface area contributed by atoms with Crippen molar-refractivity contribution in [3.05, 3.63) is 28.8 Å². The number of hydrogen-bond donors (Lipinski definition) is 3. The molecular formula is C15H23N3O. The van der Waals surface area contributed by atoms with Crippen molar-refractivity contribution in [2.75, 3.05) is 31.6 Å². The predicted octanol–water partition coefficient (Wildman–Crippen LogP) is 1.31. The summed E-state index contributed by atoms with van der Waals surface area (Å²) in [6.45, 7) is 6.37. The second-order valence-corrected chi connectivity index (χ2v) is 5.50. The van der Waals surface area contributed by atoms with E-state index in [1.165, 1.54) is 16.8 Å². The van der Waals surface area contributed by atoms with Crippen molar-refractivity contribution in [2.45, 2.75) is 32.0 Å². The highest BCUT2D eigenvalue weighted by Gasteiger charge is 2.33. The number of rotatable bonds is 3. The Bertz CT molecular complexity index is 475. The van der Waals surface area contributed by atoms with Gasteiger partial charge in [-0.15, -0.1) is 0 Å². The lowest BCUT2D eigenvalue weighted by Gasteiger charge is -2.20. The summed E-state index contributed by atoms with van der Waals surface area (Å²) in [4.78, 5) is 2.49. The van der Waals surface area contributed by atoms with Gasteiger partial charge >= 0.3 is 0 Å². The maximum Gasteiger partial charge on any atom is 0.131 e. The van der Waals surface area contributed by atoms with Gasteiger partial charge in [-0.1, -0.05) is 19.1 Å². The highest BCUT2D eigenvalue weighted by molar-refractivity contribution is 5.68. The number of aliphatic hydroxyl groups excluding tert-OH is 1.